The molecule has 5 nitrogen and oxygen atoms in total. The molecule has 1 saturated heterocycles. The Balaban J connectivity index is 2.02. The fourth-order valence-electron chi connectivity index (χ4n) is 6.94. The number of rotatable bonds is 3. The van der Waals surface area contributed by atoms with Gasteiger partial charge in [0.2, 0.25) is 0 Å². The molecule has 0 aromatic heterocycles. The molecule has 0 aromatic carbocycles. The predicted molar refractivity (Wildman–Crippen MR) is 98.4 cm³/mol. The summed E-state index contributed by atoms with van der Waals surface area (Å²) in [4.78, 5) is 12.7. The number of methoxy groups -OCH3 is 1. The highest BCUT2D eigenvalue weighted by molar-refractivity contribution is 5.77. The van der Waals surface area contributed by atoms with E-state index in [1.54, 1.807) is 6.08 Å². The Bertz CT molecular complexity index is 591. The molecule has 2 unspecified atom stereocenters. The minimum Gasteiger partial charge on any atom is -0.469 e. The van der Waals surface area contributed by atoms with Crippen LogP contribution < -0.4 is 0 Å². The highest BCUT2D eigenvalue weighted by Crippen LogP contribution is 2.65. The highest BCUT2D eigenvalue weighted by Gasteiger charge is 2.67. The summed E-state index contributed by atoms with van der Waals surface area (Å²) in [6, 6.07) is 0. The van der Waals surface area contributed by atoms with Crippen molar-refractivity contribution in [3.63, 3.8) is 0 Å². The first-order chi connectivity index (χ1) is 12.1. The first kappa shape index (κ1) is 19.8. The summed E-state index contributed by atoms with van der Waals surface area (Å²) < 4.78 is 11.6. The summed E-state index contributed by atoms with van der Waals surface area (Å²) in [5.74, 6) is -0.154. The van der Waals surface area contributed by atoms with Crippen molar-refractivity contribution in [3.8, 4) is 0 Å². The van der Waals surface area contributed by atoms with Crippen molar-refractivity contribution >= 4 is 5.97 Å². The third-order valence-corrected chi connectivity index (χ3v) is 7.92. The van der Waals surface area contributed by atoms with Gasteiger partial charge in [-0.15, -0.1) is 6.58 Å². The first-order valence-electron chi connectivity index (χ1n) is 9.82. The topological polar surface area (TPSA) is 76.0 Å². The molecule has 26 heavy (non-hydrogen) atoms. The first-order valence-corrected chi connectivity index (χ1v) is 9.82. The van der Waals surface area contributed by atoms with Crippen molar-refractivity contribution in [2.24, 2.45) is 22.7 Å². The van der Waals surface area contributed by atoms with E-state index in [1.165, 1.54) is 7.11 Å². The summed E-state index contributed by atoms with van der Waals surface area (Å²) in [5, 5.41) is 21.1. The number of ether oxygens (including phenoxy) is 2. The van der Waals surface area contributed by atoms with Crippen LogP contribution in [0.3, 0.4) is 0 Å². The van der Waals surface area contributed by atoms with E-state index in [-0.39, 0.29) is 29.8 Å². The van der Waals surface area contributed by atoms with Gasteiger partial charge >= 0.3 is 5.97 Å². The van der Waals surface area contributed by atoms with Gasteiger partial charge in [-0.25, -0.2) is 0 Å². The number of carbonyl (C=O) groups is 1. The molecule has 0 spiro atoms. The van der Waals surface area contributed by atoms with Gasteiger partial charge in [-0.05, 0) is 50.9 Å². The van der Waals surface area contributed by atoms with Gasteiger partial charge in [-0.2, -0.15) is 0 Å². The number of hydrogen-bond acceptors (Lipinski definition) is 5. The van der Waals surface area contributed by atoms with E-state index in [0.717, 1.165) is 25.7 Å². The Labute approximate surface area is 156 Å². The molecule has 148 valence electrons. The van der Waals surface area contributed by atoms with Crippen molar-refractivity contribution in [2.75, 3.05) is 13.7 Å². The van der Waals surface area contributed by atoms with E-state index >= 15 is 0 Å². The van der Waals surface area contributed by atoms with E-state index < -0.39 is 22.7 Å². The second kappa shape index (κ2) is 6.32. The maximum atomic E-state index is 12.7. The van der Waals surface area contributed by atoms with Gasteiger partial charge in [0.05, 0.1) is 30.8 Å². The minimum atomic E-state index is -0.742. The molecule has 0 radical (unpaired) electrons. The van der Waals surface area contributed by atoms with E-state index in [9.17, 15) is 15.0 Å². The standard InChI is InChI=1S/C21H34O5/c1-6-21(13-22)11-8-15-18(2)9-7-10-19(3,17(24)25-5)16(18)14(23)12-20(15,4)26-21/h6,14-16,22-23H,1,7-13H2,2-5H3/t14-,15?,16?,18-,19-,20-,21-/m0/s1. The number of hydrogen-bond donors (Lipinski definition) is 2. The maximum Gasteiger partial charge on any atom is 0.311 e. The highest BCUT2D eigenvalue weighted by atomic mass is 16.5. The molecule has 0 bridgehead atoms. The summed E-state index contributed by atoms with van der Waals surface area (Å²) in [6.07, 6.45) is 5.75. The van der Waals surface area contributed by atoms with Crippen LogP contribution in [0.1, 0.15) is 59.3 Å². The lowest BCUT2D eigenvalue weighted by molar-refractivity contribution is -0.286. The third kappa shape index (κ3) is 2.58. The van der Waals surface area contributed by atoms with Crippen molar-refractivity contribution in [1.82, 2.24) is 0 Å². The number of aliphatic hydroxyl groups is 2. The van der Waals surface area contributed by atoms with Crippen molar-refractivity contribution in [2.45, 2.75) is 76.6 Å². The molecule has 2 saturated carbocycles. The number of aliphatic hydroxyl groups excluding tert-OH is 2. The van der Waals surface area contributed by atoms with Crippen LogP contribution >= 0.6 is 0 Å². The molecule has 3 aliphatic rings. The van der Waals surface area contributed by atoms with Crippen molar-refractivity contribution in [1.29, 1.82) is 0 Å². The van der Waals surface area contributed by atoms with Gasteiger partial charge in [0.25, 0.3) is 0 Å². The fraction of sp³-hybridized carbons (Fsp3) is 0.857. The average Bonchev–Trinajstić information content (AvgIpc) is 2.59. The Hall–Kier alpha value is -0.910. The van der Waals surface area contributed by atoms with Crippen LogP contribution in [0.2, 0.25) is 0 Å². The zero-order valence-electron chi connectivity index (χ0n) is 16.6. The van der Waals surface area contributed by atoms with Crippen LogP contribution in [-0.4, -0.2) is 47.2 Å². The van der Waals surface area contributed by atoms with Gasteiger partial charge in [0.15, 0.2) is 0 Å². The lowest BCUT2D eigenvalue weighted by Crippen LogP contribution is -2.68. The zero-order chi connectivity index (χ0) is 19.4. The summed E-state index contributed by atoms with van der Waals surface area (Å²) in [6.45, 7) is 9.99. The van der Waals surface area contributed by atoms with Gasteiger partial charge in [-0.1, -0.05) is 19.4 Å². The fourth-order valence-corrected chi connectivity index (χ4v) is 6.94. The predicted octanol–water partition coefficient (Wildman–Crippen LogP) is 2.84. The molecular formula is C21H34O5. The van der Waals surface area contributed by atoms with Gasteiger partial charge in [-0.3, -0.25) is 4.79 Å². The zero-order valence-corrected chi connectivity index (χ0v) is 16.6. The smallest absolute Gasteiger partial charge is 0.311 e. The van der Waals surface area contributed by atoms with Crippen LogP contribution in [-0.2, 0) is 14.3 Å². The second-order valence-electron chi connectivity index (χ2n) is 9.45. The monoisotopic (exact) mass is 366 g/mol. The van der Waals surface area contributed by atoms with Crippen LogP contribution in [0.25, 0.3) is 0 Å². The summed E-state index contributed by atoms with van der Waals surface area (Å²) >= 11 is 0. The van der Waals surface area contributed by atoms with Crippen LogP contribution in [0.15, 0.2) is 12.7 Å². The van der Waals surface area contributed by atoms with E-state index in [2.05, 4.69) is 20.4 Å². The quantitative estimate of drug-likeness (QED) is 0.593. The molecule has 5 heteroatoms. The molecule has 0 amide bonds. The van der Waals surface area contributed by atoms with Crippen LogP contribution in [0.5, 0.6) is 0 Å². The van der Waals surface area contributed by atoms with E-state index in [1.807, 2.05) is 6.92 Å². The number of fused-ring (bicyclic) bond motifs is 3. The Morgan fingerprint density at radius 1 is 1.31 bits per heavy atom. The summed E-state index contributed by atoms with van der Waals surface area (Å²) in [5.41, 5.74) is -2.18. The normalized spacial score (nSPS) is 51.1. The van der Waals surface area contributed by atoms with Gasteiger partial charge in [0, 0.05) is 12.3 Å². The molecule has 3 fully saturated rings. The summed E-state index contributed by atoms with van der Waals surface area (Å²) in [7, 11) is 1.43. The third-order valence-electron chi connectivity index (χ3n) is 7.92. The number of esters is 1. The lowest BCUT2D eigenvalue weighted by atomic mass is 9.43. The van der Waals surface area contributed by atoms with Crippen LogP contribution in [0, 0.1) is 22.7 Å². The second-order valence-corrected chi connectivity index (χ2v) is 9.45. The number of carbonyl (C=O) groups excluding carboxylic acids is 1. The Kier molecular flexibility index (Phi) is 4.82. The average molecular weight is 366 g/mol. The van der Waals surface area contributed by atoms with Crippen molar-refractivity contribution in [3.05, 3.63) is 12.7 Å². The molecule has 0 aromatic rings. The molecule has 1 aliphatic heterocycles. The van der Waals surface area contributed by atoms with E-state index in [4.69, 9.17) is 9.47 Å². The molecule has 2 aliphatic carbocycles. The molecule has 1 heterocycles. The molecule has 7 atom stereocenters. The van der Waals surface area contributed by atoms with Gasteiger partial charge < -0.3 is 19.7 Å². The maximum absolute atomic E-state index is 12.7. The van der Waals surface area contributed by atoms with Gasteiger partial charge in [0.1, 0.15) is 5.60 Å². The molecule has 2 N–H and O–H groups in total. The lowest BCUT2D eigenvalue weighted by Gasteiger charge is -2.66. The largest absolute Gasteiger partial charge is 0.469 e. The SMILES string of the molecule is C=C[C@@]1(CO)CCC2[C@]3(C)CCC[C@](C)(C(=O)OC)C3[C@@H](O)C[C@]2(C)O1. The molecule has 3 rings (SSSR count). The van der Waals surface area contributed by atoms with Crippen molar-refractivity contribution < 1.29 is 24.5 Å². The Morgan fingerprint density at radius 2 is 2.00 bits per heavy atom. The minimum absolute atomic E-state index is 0.102. The van der Waals surface area contributed by atoms with E-state index in [0.29, 0.717) is 12.8 Å². The Morgan fingerprint density at radius 3 is 2.58 bits per heavy atom. The molecular weight excluding hydrogens is 332 g/mol. The van der Waals surface area contributed by atoms with Crippen LogP contribution in [0.4, 0.5) is 0 Å².